The molecule has 166 valence electrons. The average molecular weight is 425 g/mol. The van der Waals surface area contributed by atoms with Crippen LogP contribution in [0.2, 0.25) is 0 Å². The van der Waals surface area contributed by atoms with Gasteiger partial charge in [-0.15, -0.1) is 0 Å². The van der Waals surface area contributed by atoms with E-state index in [4.69, 9.17) is 14.2 Å². The predicted octanol–water partition coefficient (Wildman–Crippen LogP) is 3.94. The van der Waals surface area contributed by atoms with Gasteiger partial charge in [-0.3, -0.25) is 4.79 Å². The molecule has 0 unspecified atom stereocenters. The topological polar surface area (TPSA) is 60.0 Å². The van der Waals surface area contributed by atoms with Crippen LogP contribution in [0, 0.1) is 0 Å². The maximum Gasteiger partial charge on any atom is 0.203 e. The molecule has 1 aliphatic heterocycles. The van der Waals surface area contributed by atoms with Gasteiger partial charge < -0.3 is 24.4 Å². The van der Waals surface area contributed by atoms with Crippen LogP contribution in [0.1, 0.15) is 42.9 Å². The molecule has 6 nitrogen and oxygen atoms in total. The van der Waals surface area contributed by atoms with E-state index in [9.17, 15) is 4.79 Å². The van der Waals surface area contributed by atoms with Gasteiger partial charge in [-0.25, -0.2) is 0 Å². The summed E-state index contributed by atoms with van der Waals surface area (Å²) in [6, 6.07) is 8.01. The van der Waals surface area contributed by atoms with E-state index in [1.54, 1.807) is 21.3 Å². The number of fused-ring (bicyclic) bond motifs is 3. The molecule has 1 fully saturated rings. The first-order valence-corrected chi connectivity index (χ1v) is 11.1. The number of ether oxygens (including phenoxy) is 3. The van der Waals surface area contributed by atoms with Crippen molar-refractivity contribution in [1.82, 2.24) is 5.32 Å². The van der Waals surface area contributed by atoms with Crippen molar-refractivity contribution in [2.24, 2.45) is 0 Å². The van der Waals surface area contributed by atoms with Gasteiger partial charge in [-0.2, -0.15) is 0 Å². The highest BCUT2D eigenvalue weighted by Crippen LogP contribution is 2.50. The van der Waals surface area contributed by atoms with E-state index < -0.39 is 0 Å². The number of benzene rings is 1. The van der Waals surface area contributed by atoms with Gasteiger partial charge in [-0.05, 0) is 74.0 Å². The van der Waals surface area contributed by atoms with Crippen LogP contribution in [0.5, 0.6) is 17.2 Å². The molecule has 0 aromatic heterocycles. The van der Waals surface area contributed by atoms with Gasteiger partial charge in [0.1, 0.15) is 0 Å². The Hall–Kier alpha value is -2.73. The van der Waals surface area contributed by atoms with Crippen molar-refractivity contribution >= 4 is 5.69 Å². The zero-order valence-corrected chi connectivity index (χ0v) is 18.9. The normalized spacial score (nSPS) is 17.9. The highest BCUT2D eigenvalue weighted by Gasteiger charge is 2.28. The third kappa shape index (κ3) is 3.85. The maximum absolute atomic E-state index is 13.3. The molecule has 0 spiro atoms. The van der Waals surface area contributed by atoms with E-state index >= 15 is 0 Å². The number of aryl methyl sites for hydroxylation is 1. The molecule has 0 amide bonds. The summed E-state index contributed by atoms with van der Waals surface area (Å²) in [5.74, 6) is 1.87. The molecule has 0 radical (unpaired) electrons. The van der Waals surface area contributed by atoms with Crippen molar-refractivity contribution < 1.29 is 14.2 Å². The number of methoxy groups -OCH3 is 3. The van der Waals surface area contributed by atoms with Crippen molar-refractivity contribution in [2.75, 3.05) is 46.4 Å². The van der Waals surface area contributed by atoms with Gasteiger partial charge in [0.15, 0.2) is 11.5 Å². The zero-order chi connectivity index (χ0) is 22.0. The minimum Gasteiger partial charge on any atom is -0.493 e. The standard InChI is InChI=1S/C25H32N2O4/c1-26-19-10-8-16-14-22(29-2)24(30-3)25(31-4)23(16)17-9-11-20(21(28)15-18(17)19)27-12-6-5-7-13-27/h9,11,14-15,19,26H,5-8,10,12-13H2,1-4H3/t19-/m0/s1. The Kier molecular flexibility index (Phi) is 6.37. The number of nitrogens with one attached hydrogen (secondary N) is 1. The fourth-order valence-corrected chi connectivity index (χ4v) is 5.00. The van der Waals surface area contributed by atoms with E-state index in [1.165, 1.54) is 6.42 Å². The van der Waals surface area contributed by atoms with Crippen molar-refractivity contribution in [1.29, 1.82) is 0 Å². The summed E-state index contributed by atoms with van der Waals surface area (Å²) in [6.07, 6.45) is 5.20. The molecule has 2 aromatic rings. The second-order valence-corrected chi connectivity index (χ2v) is 8.20. The molecule has 6 heteroatoms. The average Bonchev–Trinajstić information content (AvgIpc) is 3.06. The number of hydrogen-bond acceptors (Lipinski definition) is 6. The fraction of sp³-hybridized carbons (Fsp3) is 0.480. The second kappa shape index (κ2) is 9.18. The van der Waals surface area contributed by atoms with E-state index in [-0.39, 0.29) is 11.5 Å². The minimum absolute atomic E-state index is 0.0680. The molecule has 1 heterocycles. The quantitative estimate of drug-likeness (QED) is 0.785. The second-order valence-electron chi connectivity index (χ2n) is 8.20. The molecular weight excluding hydrogens is 392 g/mol. The highest BCUT2D eigenvalue weighted by atomic mass is 16.5. The number of hydrogen-bond donors (Lipinski definition) is 1. The van der Waals surface area contributed by atoms with Crippen molar-refractivity contribution in [3.05, 3.63) is 45.6 Å². The Morgan fingerprint density at radius 1 is 0.968 bits per heavy atom. The first-order chi connectivity index (χ1) is 15.1. The molecule has 2 aromatic carbocycles. The summed E-state index contributed by atoms with van der Waals surface area (Å²) in [6.45, 7) is 1.87. The highest BCUT2D eigenvalue weighted by molar-refractivity contribution is 5.83. The molecule has 31 heavy (non-hydrogen) atoms. The Labute approximate surface area is 184 Å². The Balaban J connectivity index is 2.00. The monoisotopic (exact) mass is 424 g/mol. The van der Waals surface area contributed by atoms with Gasteiger partial charge in [0.05, 0.1) is 27.0 Å². The molecule has 1 saturated heterocycles. The van der Waals surface area contributed by atoms with Crippen LogP contribution in [0.15, 0.2) is 29.1 Å². The number of nitrogens with zero attached hydrogens (tertiary/aromatic N) is 1. The summed E-state index contributed by atoms with van der Waals surface area (Å²) in [7, 11) is 6.86. The molecule has 0 bridgehead atoms. The van der Waals surface area contributed by atoms with Crippen LogP contribution in [0.25, 0.3) is 11.1 Å². The van der Waals surface area contributed by atoms with Gasteiger partial charge in [0, 0.05) is 24.7 Å². The number of piperidine rings is 1. The van der Waals surface area contributed by atoms with Gasteiger partial charge in [0.2, 0.25) is 11.2 Å². The summed E-state index contributed by atoms with van der Waals surface area (Å²) in [5, 5.41) is 3.41. The third-order valence-corrected chi connectivity index (χ3v) is 6.56. The van der Waals surface area contributed by atoms with Crippen molar-refractivity contribution in [3.8, 4) is 28.4 Å². The summed E-state index contributed by atoms with van der Waals surface area (Å²) >= 11 is 0. The van der Waals surface area contributed by atoms with E-state index in [0.29, 0.717) is 17.2 Å². The largest absolute Gasteiger partial charge is 0.493 e. The summed E-state index contributed by atoms with van der Waals surface area (Å²) < 4.78 is 17.1. The molecule has 1 atom stereocenters. The van der Waals surface area contributed by atoms with Gasteiger partial charge in [-0.1, -0.05) is 6.07 Å². The van der Waals surface area contributed by atoms with E-state index in [2.05, 4.69) is 16.3 Å². The number of anilines is 1. The molecule has 4 rings (SSSR count). The minimum atomic E-state index is 0.0680. The van der Waals surface area contributed by atoms with Crippen LogP contribution >= 0.6 is 0 Å². The van der Waals surface area contributed by atoms with Crippen molar-refractivity contribution in [2.45, 2.75) is 38.1 Å². The lowest BCUT2D eigenvalue weighted by molar-refractivity contribution is 0.324. The molecule has 0 saturated carbocycles. The van der Waals surface area contributed by atoms with Crippen LogP contribution in [0.3, 0.4) is 0 Å². The molecule has 2 aliphatic rings. The number of rotatable bonds is 5. The Morgan fingerprint density at radius 2 is 1.71 bits per heavy atom. The smallest absolute Gasteiger partial charge is 0.203 e. The van der Waals surface area contributed by atoms with Crippen molar-refractivity contribution in [3.63, 3.8) is 0 Å². The Morgan fingerprint density at radius 3 is 2.35 bits per heavy atom. The maximum atomic E-state index is 13.3. The lowest BCUT2D eigenvalue weighted by Crippen LogP contribution is -2.32. The summed E-state index contributed by atoms with van der Waals surface area (Å²) in [5.41, 5.74) is 4.97. The third-order valence-electron chi connectivity index (χ3n) is 6.56. The van der Waals surface area contributed by atoms with Crippen LogP contribution in [-0.2, 0) is 6.42 Å². The van der Waals surface area contributed by atoms with Gasteiger partial charge in [0.25, 0.3) is 0 Å². The molecule has 1 N–H and O–H groups in total. The lowest BCUT2D eigenvalue weighted by atomic mass is 9.95. The SMILES string of the molecule is CN[C@H]1CCc2cc(OC)c(OC)c(OC)c2-c2ccc(N3CCCCC3)c(=O)cc21. The fourth-order valence-electron chi connectivity index (χ4n) is 5.00. The molecule has 1 aliphatic carbocycles. The molecular formula is C25H32N2O4. The first kappa shape index (κ1) is 21.5. The van der Waals surface area contributed by atoms with Crippen LogP contribution < -0.4 is 29.9 Å². The Bertz CT molecular complexity index is 1020. The first-order valence-electron chi connectivity index (χ1n) is 11.1. The van der Waals surface area contributed by atoms with Crippen LogP contribution in [0.4, 0.5) is 5.69 Å². The van der Waals surface area contributed by atoms with E-state index in [0.717, 1.165) is 66.7 Å². The van der Waals surface area contributed by atoms with E-state index in [1.807, 2.05) is 25.2 Å². The zero-order valence-electron chi connectivity index (χ0n) is 18.9. The predicted molar refractivity (Wildman–Crippen MR) is 124 cm³/mol. The lowest BCUT2D eigenvalue weighted by Gasteiger charge is -2.27. The van der Waals surface area contributed by atoms with Gasteiger partial charge >= 0.3 is 0 Å². The van der Waals surface area contributed by atoms with Crippen LogP contribution in [-0.4, -0.2) is 41.5 Å². The summed E-state index contributed by atoms with van der Waals surface area (Å²) in [4.78, 5) is 15.5.